The average Bonchev–Trinajstić information content (AvgIpc) is 2.32. The summed E-state index contributed by atoms with van der Waals surface area (Å²) >= 11 is 0. The van der Waals surface area contributed by atoms with E-state index in [-0.39, 0.29) is 0 Å². The fraction of sp³-hybridized carbons (Fsp3) is 0.444. The van der Waals surface area contributed by atoms with Gasteiger partial charge in [0.15, 0.2) is 6.29 Å². The van der Waals surface area contributed by atoms with Gasteiger partial charge in [0.1, 0.15) is 11.5 Å². The molecule has 0 aliphatic heterocycles. The molecule has 0 saturated carbocycles. The van der Waals surface area contributed by atoms with Crippen LogP contribution in [0.1, 0.15) is 35.2 Å². The number of hydrogen-bond acceptors (Lipinski definition) is 2. The van der Waals surface area contributed by atoms with Crippen LogP contribution >= 0.6 is 0 Å². The molecule has 2 nitrogen and oxygen atoms in total. The Morgan fingerprint density at radius 1 is 1.64 bits per heavy atom. The van der Waals surface area contributed by atoms with Crippen molar-refractivity contribution in [2.45, 2.75) is 26.7 Å². The molecule has 1 rings (SSSR count). The van der Waals surface area contributed by atoms with Crippen LogP contribution in [0.2, 0.25) is 0 Å². The maximum Gasteiger partial charge on any atom is 0.153 e. The molecular formula is C9H12O2. The number of carbonyl (C=O) groups excluding carboxylic acids is 1. The summed E-state index contributed by atoms with van der Waals surface area (Å²) in [5.74, 6) is 1.63. The van der Waals surface area contributed by atoms with E-state index in [1.807, 2.05) is 13.0 Å². The van der Waals surface area contributed by atoms with Crippen molar-refractivity contribution in [2.75, 3.05) is 0 Å². The second-order valence-corrected chi connectivity index (χ2v) is 2.59. The van der Waals surface area contributed by atoms with Crippen LogP contribution in [0.15, 0.2) is 10.5 Å². The molecule has 0 saturated heterocycles. The van der Waals surface area contributed by atoms with Crippen LogP contribution in [0, 0.1) is 6.92 Å². The maximum atomic E-state index is 10.4. The van der Waals surface area contributed by atoms with Crippen molar-refractivity contribution < 1.29 is 9.21 Å². The first-order valence-electron chi connectivity index (χ1n) is 3.82. The lowest BCUT2D eigenvalue weighted by Crippen LogP contribution is -1.76. The Labute approximate surface area is 66.2 Å². The van der Waals surface area contributed by atoms with Gasteiger partial charge in [-0.2, -0.15) is 0 Å². The van der Waals surface area contributed by atoms with Crippen LogP contribution in [0.5, 0.6) is 0 Å². The molecule has 0 fully saturated rings. The first-order valence-corrected chi connectivity index (χ1v) is 3.82. The zero-order valence-corrected chi connectivity index (χ0v) is 6.89. The van der Waals surface area contributed by atoms with E-state index >= 15 is 0 Å². The Kier molecular flexibility index (Phi) is 2.47. The number of furan rings is 1. The summed E-state index contributed by atoms with van der Waals surface area (Å²) in [5, 5.41) is 0. The van der Waals surface area contributed by atoms with E-state index in [0.717, 1.165) is 30.6 Å². The van der Waals surface area contributed by atoms with E-state index in [9.17, 15) is 4.79 Å². The summed E-state index contributed by atoms with van der Waals surface area (Å²) in [6.07, 6.45) is 2.79. The van der Waals surface area contributed by atoms with E-state index in [2.05, 4.69) is 6.92 Å². The third-order valence-corrected chi connectivity index (χ3v) is 1.63. The number of carbonyl (C=O) groups is 1. The van der Waals surface area contributed by atoms with E-state index < -0.39 is 0 Å². The van der Waals surface area contributed by atoms with E-state index in [4.69, 9.17) is 4.42 Å². The number of hydrogen-bond donors (Lipinski definition) is 0. The molecule has 11 heavy (non-hydrogen) atoms. The summed E-state index contributed by atoms with van der Waals surface area (Å²) in [4.78, 5) is 10.4. The normalized spacial score (nSPS) is 10.0. The Morgan fingerprint density at radius 2 is 2.36 bits per heavy atom. The van der Waals surface area contributed by atoms with E-state index in [0.29, 0.717) is 5.56 Å². The molecule has 0 spiro atoms. The zero-order chi connectivity index (χ0) is 8.27. The summed E-state index contributed by atoms with van der Waals surface area (Å²) in [6.45, 7) is 3.89. The van der Waals surface area contributed by atoms with Crippen LogP contribution in [0.3, 0.4) is 0 Å². The molecular weight excluding hydrogens is 140 g/mol. The fourth-order valence-corrected chi connectivity index (χ4v) is 1.05. The minimum atomic E-state index is 0.674. The molecule has 1 heterocycles. The second-order valence-electron chi connectivity index (χ2n) is 2.59. The van der Waals surface area contributed by atoms with Gasteiger partial charge < -0.3 is 4.42 Å². The van der Waals surface area contributed by atoms with Crippen molar-refractivity contribution in [3.8, 4) is 0 Å². The highest BCUT2D eigenvalue weighted by Gasteiger charge is 2.04. The molecule has 0 unspecified atom stereocenters. The standard InChI is InChI=1S/C9H12O2/c1-3-4-9-5-8(6-10)7(2)11-9/h5-6H,3-4H2,1-2H3. The molecule has 0 aliphatic rings. The number of aldehydes is 1. The molecule has 1 aromatic heterocycles. The molecule has 0 aromatic carbocycles. The SMILES string of the molecule is CCCc1cc(C=O)c(C)o1. The second kappa shape index (κ2) is 3.37. The number of rotatable bonds is 3. The third kappa shape index (κ3) is 1.70. The first kappa shape index (κ1) is 8.05. The lowest BCUT2D eigenvalue weighted by atomic mass is 10.2. The molecule has 0 amide bonds. The van der Waals surface area contributed by atoms with Crippen molar-refractivity contribution in [2.24, 2.45) is 0 Å². The molecule has 0 N–H and O–H groups in total. The monoisotopic (exact) mass is 152 g/mol. The minimum Gasteiger partial charge on any atom is -0.466 e. The van der Waals surface area contributed by atoms with Gasteiger partial charge in [0.05, 0.1) is 5.56 Å². The van der Waals surface area contributed by atoms with E-state index in [1.54, 1.807) is 0 Å². The highest BCUT2D eigenvalue weighted by molar-refractivity contribution is 5.76. The molecule has 0 atom stereocenters. The van der Waals surface area contributed by atoms with Gasteiger partial charge in [0, 0.05) is 6.42 Å². The van der Waals surface area contributed by atoms with Crippen LogP contribution in [0.4, 0.5) is 0 Å². The smallest absolute Gasteiger partial charge is 0.153 e. The third-order valence-electron chi connectivity index (χ3n) is 1.63. The maximum absolute atomic E-state index is 10.4. The summed E-state index contributed by atoms with van der Waals surface area (Å²) in [7, 11) is 0. The van der Waals surface area contributed by atoms with Gasteiger partial charge in [0.25, 0.3) is 0 Å². The predicted molar refractivity (Wildman–Crippen MR) is 42.8 cm³/mol. The summed E-state index contributed by atoms with van der Waals surface area (Å²) in [6, 6.07) is 1.81. The average molecular weight is 152 g/mol. The van der Waals surface area contributed by atoms with Crippen molar-refractivity contribution in [3.63, 3.8) is 0 Å². The van der Waals surface area contributed by atoms with Gasteiger partial charge >= 0.3 is 0 Å². The van der Waals surface area contributed by atoms with Gasteiger partial charge in [-0.3, -0.25) is 4.79 Å². The van der Waals surface area contributed by atoms with Gasteiger partial charge in [-0.15, -0.1) is 0 Å². The van der Waals surface area contributed by atoms with Crippen LogP contribution in [-0.2, 0) is 6.42 Å². The lowest BCUT2D eigenvalue weighted by Gasteiger charge is -1.87. The van der Waals surface area contributed by atoms with Gasteiger partial charge in [-0.05, 0) is 19.4 Å². The van der Waals surface area contributed by atoms with Crippen LogP contribution in [0.25, 0.3) is 0 Å². The predicted octanol–water partition coefficient (Wildman–Crippen LogP) is 2.35. The summed E-state index contributed by atoms with van der Waals surface area (Å²) in [5.41, 5.74) is 0.674. The van der Waals surface area contributed by atoms with Crippen molar-refractivity contribution in [3.05, 3.63) is 23.2 Å². The van der Waals surface area contributed by atoms with Crippen molar-refractivity contribution in [1.82, 2.24) is 0 Å². The van der Waals surface area contributed by atoms with Crippen LogP contribution < -0.4 is 0 Å². The van der Waals surface area contributed by atoms with Gasteiger partial charge in [-0.1, -0.05) is 6.92 Å². The topological polar surface area (TPSA) is 30.2 Å². The lowest BCUT2D eigenvalue weighted by molar-refractivity contribution is 0.112. The van der Waals surface area contributed by atoms with E-state index in [1.165, 1.54) is 0 Å². The largest absolute Gasteiger partial charge is 0.466 e. The van der Waals surface area contributed by atoms with Crippen molar-refractivity contribution >= 4 is 6.29 Å². The highest BCUT2D eigenvalue weighted by Crippen LogP contribution is 2.13. The minimum absolute atomic E-state index is 0.674. The van der Waals surface area contributed by atoms with Gasteiger partial charge in [-0.25, -0.2) is 0 Å². The van der Waals surface area contributed by atoms with Crippen molar-refractivity contribution in [1.29, 1.82) is 0 Å². The number of aryl methyl sites for hydroxylation is 2. The molecule has 2 heteroatoms. The van der Waals surface area contributed by atoms with Gasteiger partial charge in [0.2, 0.25) is 0 Å². The molecule has 1 aromatic rings. The Balaban J connectivity index is 2.86. The quantitative estimate of drug-likeness (QED) is 0.622. The molecule has 0 bridgehead atoms. The Hall–Kier alpha value is -1.05. The highest BCUT2D eigenvalue weighted by atomic mass is 16.3. The Bertz CT molecular complexity index is 248. The summed E-state index contributed by atoms with van der Waals surface area (Å²) < 4.78 is 5.31. The molecule has 0 aliphatic carbocycles. The van der Waals surface area contributed by atoms with Crippen LogP contribution in [-0.4, -0.2) is 6.29 Å². The molecule has 60 valence electrons. The fourth-order valence-electron chi connectivity index (χ4n) is 1.05. The zero-order valence-electron chi connectivity index (χ0n) is 6.89. The molecule has 0 radical (unpaired) electrons. The first-order chi connectivity index (χ1) is 5.27. The Morgan fingerprint density at radius 3 is 2.82 bits per heavy atom.